The third-order valence-corrected chi connectivity index (χ3v) is 2.81. The molecule has 1 unspecified atom stereocenters. The molecule has 1 saturated carbocycles. The van der Waals surface area contributed by atoms with E-state index in [1.54, 1.807) is 0 Å². The number of ketones is 1. The smallest absolute Gasteiger partial charge is 0.191 e. The van der Waals surface area contributed by atoms with Crippen LogP contribution in [0.15, 0.2) is 24.3 Å². The third kappa shape index (κ3) is 1.58. The molecule has 0 bridgehead atoms. The van der Waals surface area contributed by atoms with Crippen molar-refractivity contribution in [3.05, 3.63) is 24.3 Å². The van der Waals surface area contributed by atoms with E-state index in [9.17, 15) is 4.79 Å². The van der Waals surface area contributed by atoms with Crippen molar-refractivity contribution >= 4 is 5.78 Å². The minimum absolute atomic E-state index is 0.199. The summed E-state index contributed by atoms with van der Waals surface area (Å²) in [5, 5.41) is 0. The molecule has 1 aliphatic carbocycles. The van der Waals surface area contributed by atoms with E-state index >= 15 is 0 Å². The predicted molar refractivity (Wildman–Crippen MR) is 54.1 cm³/mol. The van der Waals surface area contributed by atoms with E-state index < -0.39 is 6.10 Å². The number of fused-ring (bicyclic) bond motifs is 1. The van der Waals surface area contributed by atoms with E-state index in [1.165, 1.54) is 0 Å². The summed E-state index contributed by atoms with van der Waals surface area (Å²) in [6.07, 6.45) is 1.63. The topological polar surface area (TPSA) is 35.5 Å². The Morgan fingerprint density at radius 3 is 2.67 bits per heavy atom. The highest BCUT2D eigenvalue weighted by Crippen LogP contribution is 2.36. The molecule has 78 valence electrons. The molecule has 1 heterocycles. The molecular weight excluding hydrogens is 192 g/mol. The number of carbonyl (C=O) groups excluding carboxylic acids is 1. The predicted octanol–water partition coefficient (Wildman–Crippen LogP) is 1.81. The standard InChI is InChI=1S/C12H12O3/c13-12(8-5-6-8)11-7-14-9-3-1-2-4-10(9)15-11/h1-4,8,11H,5-7H2. The van der Waals surface area contributed by atoms with Gasteiger partial charge < -0.3 is 9.47 Å². The van der Waals surface area contributed by atoms with Crippen LogP contribution < -0.4 is 9.47 Å². The first kappa shape index (κ1) is 8.77. The highest BCUT2D eigenvalue weighted by atomic mass is 16.6. The number of hydrogen-bond donors (Lipinski definition) is 0. The van der Waals surface area contributed by atoms with E-state index in [-0.39, 0.29) is 11.7 Å². The Balaban J connectivity index is 1.79. The quantitative estimate of drug-likeness (QED) is 0.737. The summed E-state index contributed by atoms with van der Waals surface area (Å²) in [4.78, 5) is 11.8. The summed E-state index contributed by atoms with van der Waals surface area (Å²) < 4.78 is 11.1. The third-order valence-electron chi connectivity index (χ3n) is 2.81. The van der Waals surface area contributed by atoms with Crippen molar-refractivity contribution in [1.82, 2.24) is 0 Å². The van der Waals surface area contributed by atoms with Crippen LogP contribution in [0.25, 0.3) is 0 Å². The molecule has 1 aromatic rings. The van der Waals surface area contributed by atoms with E-state index in [4.69, 9.17) is 9.47 Å². The number of ether oxygens (including phenoxy) is 2. The van der Waals surface area contributed by atoms with Crippen molar-refractivity contribution in [2.24, 2.45) is 5.92 Å². The molecule has 0 saturated heterocycles. The van der Waals surface area contributed by atoms with Crippen LogP contribution in [0.5, 0.6) is 11.5 Å². The Kier molecular flexibility index (Phi) is 1.91. The van der Waals surface area contributed by atoms with Gasteiger partial charge in [0.25, 0.3) is 0 Å². The van der Waals surface area contributed by atoms with Crippen molar-refractivity contribution in [2.75, 3.05) is 6.61 Å². The second-order valence-electron chi connectivity index (χ2n) is 4.04. The Morgan fingerprint density at radius 2 is 1.93 bits per heavy atom. The molecule has 0 aromatic heterocycles. The lowest BCUT2D eigenvalue weighted by Crippen LogP contribution is -2.37. The van der Waals surface area contributed by atoms with Crippen molar-refractivity contribution in [3.63, 3.8) is 0 Å². The summed E-state index contributed by atoms with van der Waals surface area (Å²) in [5.41, 5.74) is 0. The Labute approximate surface area is 88.0 Å². The fourth-order valence-corrected chi connectivity index (χ4v) is 1.79. The number of Topliss-reactive ketones (excluding diaryl/α,β-unsaturated/α-hetero) is 1. The fraction of sp³-hybridized carbons (Fsp3) is 0.417. The van der Waals surface area contributed by atoms with Crippen molar-refractivity contribution in [3.8, 4) is 11.5 Å². The normalized spacial score (nSPS) is 23.6. The fourth-order valence-electron chi connectivity index (χ4n) is 1.79. The highest BCUT2D eigenvalue weighted by Gasteiger charge is 2.38. The molecule has 3 rings (SSSR count). The first-order valence-electron chi connectivity index (χ1n) is 5.27. The van der Waals surface area contributed by atoms with Gasteiger partial charge in [0.2, 0.25) is 0 Å². The molecule has 1 fully saturated rings. The first-order valence-corrected chi connectivity index (χ1v) is 5.27. The minimum Gasteiger partial charge on any atom is -0.485 e. The van der Waals surface area contributed by atoms with Crippen LogP contribution >= 0.6 is 0 Å². The zero-order valence-corrected chi connectivity index (χ0v) is 8.31. The van der Waals surface area contributed by atoms with Gasteiger partial charge in [-0.3, -0.25) is 4.79 Å². The number of hydrogen-bond acceptors (Lipinski definition) is 3. The van der Waals surface area contributed by atoms with Crippen LogP contribution in [0, 0.1) is 5.92 Å². The number of benzene rings is 1. The SMILES string of the molecule is O=C(C1CC1)C1COc2ccccc2O1. The van der Waals surface area contributed by atoms with E-state index in [0.29, 0.717) is 12.4 Å². The van der Waals surface area contributed by atoms with Crippen LogP contribution in [0.3, 0.4) is 0 Å². The summed E-state index contributed by atoms with van der Waals surface area (Å²) in [6, 6.07) is 7.46. The van der Waals surface area contributed by atoms with Gasteiger partial charge in [-0.2, -0.15) is 0 Å². The number of rotatable bonds is 2. The maximum atomic E-state index is 11.8. The highest BCUT2D eigenvalue weighted by molar-refractivity contribution is 5.88. The van der Waals surface area contributed by atoms with E-state index in [0.717, 1.165) is 18.6 Å². The van der Waals surface area contributed by atoms with Crippen molar-refractivity contribution in [1.29, 1.82) is 0 Å². The zero-order valence-electron chi connectivity index (χ0n) is 8.31. The average molecular weight is 204 g/mol. The number of carbonyl (C=O) groups is 1. The molecule has 3 nitrogen and oxygen atoms in total. The maximum absolute atomic E-state index is 11.8. The average Bonchev–Trinajstić information content (AvgIpc) is 3.11. The second-order valence-corrected chi connectivity index (χ2v) is 4.04. The lowest BCUT2D eigenvalue weighted by atomic mass is 10.1. The van der Waals surface area contributed by atoms with Crippen LogP contribution in [0.4, 0.5) is 0 Å². The van der Waals surface area contributed by atoms with Gasteiger partial charge in [-0.05, 0) is 25.0 Å². The molecule has 0 radical (unpaired) electrons. The Morgan fingerprint density at radius 1 is 1.20 bits per heavy atom. The van der Waals surface area contributed by atoms with Gasteiger partial charge in [0, 0.05) is 5.92 Å². The van der Waals surface area contributed by atoms with Gasteiger partial charge in [0.15, 0.2) is 23.4 Å². The maximum Gasteiger partial charge on any atom is 0.191 e. The van der Waals surface area contributed by atoms with Crippen molar-refractivity contribution in [2.45, 2.75) is 18.9 Å². The lowest BCUT2D eigenvalue weighted by Gasteiger charge is -2.25. The summed E-state index contributed by atoms with van der Waals surface area (Å²) >= 11 is 0. The minimum atomic E-state index is -0.396. The van der Waals surface area contributed by atoms with Gasteiger partial charge in [0.1, 0.15) is 6.61 Å². The molecule has 2 aliphatic rings. The van der Waals surface area contributed by atoms with Gasteiger partial charge in [0.05, 0.1) is 0 Å². The molecule has 1 aliphatic heterocycles. The molecule has 1 atom stereocenters. The van der Waals surface area contributed by atoms with Gasteiger partial charge >= 0.3 is 0 Å². The van der Waals surface area contributed by atoms with E-state index in [1.807, 2.05) is 24.3 Å². The van der Waals surface area contributed by atoms with Crippen LogP contribution in [-0.2, 0) is 4.79 Å². The molecule has 0 amide bonds. The molecule has 15 heavy (non-hydrogen) atoms. The molecule has 0 N–H and O–H groups in total. The molecular formula is C12H12O3. The van der Waals surface area contributed by atoms with Gasteiger partial charge in [-0.25, -0.2) is 0 Å². The van der Waals surface area contributed by atoms with Gasteiger partial charge in [-0.15, -0.1) is 0 Å². The molecule has 0 spiro atoms. The monoisotopic (exact) mass is 204 g/mol. The summed E-state index contributed by atoms with van der Waals surface area (Å²) in [5.74, 6) is 1.84. The summed E-state index contributed by atoms with van der Waals surface area (Å²) in [7, 11) is 0. The van der Waals surface area contributed by atoms with Crippen LogP contribution in [-0.4, -0.2) is 18.5 Å². The molecule has 1 aromatic carbocycles. The van der Waals surface area contributed by atoms with E-state index in [2.05, 4.69) is 0 Å². The Bertz CT molecular complexity index is 396. The van der Waals surface area contributed by atoms with Gasteiger partial charge in [-0.1, -0.05) is 12.1 Å². The Hall–Kier alpha value is -1.51. The zero-order chi connectivity index (χ0) is 10.3. The van der Waals surface area contributed by atoms with Crippen LogP contribution in [0.1, 0.15) is 12.8 Å². The number of para-hydroxylation sites is 2. The summed E-state index contributed by atoms with van der Waals surface area (Å²) in [6.45, 7) is 0.354. The van der Waals surface area contributed by atoms with Crippen LogP contribution in [0.2, 0.25) is 0 Å². The molecule has 3 heteroatoms. The first-order chi connectivity index (χ1) is 7.34. The second kappa shape index (κ2) is 3.26. The largest absolute Gasteiger partial charge is 0.485 e. The van der Waals surface area contributed by atoms with Crippen molar-refractivity contribution < 1.29 is 14.3 Å². The lowest BCUT2D eigenvalue weighted by molar-refractivity contribution is -0.129.